The maximum absolute atomic E-state index is 14.1. The van der Waals surface area contributed by atoms with Crippen molar-refractivity contribution in [1.29, 1.82) is 0 Å². The molecule has 1 aliphatic rings. The Balaban J connectivity index is 2.65. The maximum Gasteiger partial charge on any atom is 0.164 e. The molecule has 0 unspecified atom stereocenters. The van der Waals surface area contributed by atoms with Crippen LogP contribution in [0.3, 0.4) is 0 Å². The summed E-state index contributed by atoms with van der Waals surface area (Å²) < 4.78 is 14.1. The molecule has 2 rings (SSSR count). The average molecular weight is 260 g/mol. The monoisotopic (exact) mass is 259 g/mol. The molecule has 0 aliphatic heterocycles. The van der Waals surface area contributed by atoms with Crippen LogP contribution in [0.15, 0.2) is 6.07 Å². The maximum atomic E-state index is 14.1. The van der Waals surface area contributed by atoms with Crippen LogP contribution in [0.5, 0.6) is 11.5 Å². The molecule has 0 saturated heterocycles. The van der Waals surface area contributed by atoms with Crippen molar-refractivity contribution in [2.75, 3.05) is 6.54 Å². The first-order chi connectivity index (χ1) is 8.02. The van der Waals surface area contributed by atoms with Gasteiger partial charge in [0.05, 0.1) is 5.02 Å². The number of benzene rings is 1. The van der Waals surface area contributed by atoms with Gasteiger partial charge in [-0.05, 0) is 12.8 Å². The number of aromatic hydroxyl groups is 2. The van der Waals surface area contributed by atoms with Gasteiger partial charge < -0.3 is 15.9 Å². The van der Waals surface area contributed by atoms with E-state index < -0.39 is 22.7 Å². The summed E-state index contributed by atoms with van der Waals surface area (Å²) >= 11 is 5.70. The number of hydrogen-bond donors (Lipinski definition) is 3. The van der Waals surface area contributed by atoms with Gasteiger partial charge in [-0.1, -0.05) is 24.4 Å². The van der Waals surface area contributed by atoms with E-state index in [1.54, 1.807) is 0 Å². The molecule has 3 nitrogen and oxygen atoms in total. The molecule has 1 aromatic rings. The zero-order chi connectivity index (χ0) is 12.6. The number of hydrogen-bond acceptors (Lipinski definition) is 3. The van der Waals surface area contributed by atoms with Crippen molar-refractivity contribution in [3.05, 3.63) is 22.5 Å². The zero-order valence-electron chi connectivity index (χ0n) is 9.34. The number of nitrogens with two attached hydrogens (primary N) is 1. The standard InChI is InChI=1S/C12H15ClFNO2/c13-7-5-8(16)11(17)9(10(7)14)12(6-15)3-1-2-4-12/h5,16-17H,1-4,6,15H2. The Hall–Kier alpha value is -1.00. The summed E-state index contributed by atoms with van der Waals surface area (Å²) in [6.45, 7) is 0.233. The Bertz CT molecular complexity index is 418. The van der Waals surface area contributed by atoms with Gasteiger partial charge >= 0.3 is 0 Å². The summed E-state index contributed by atoms with van der Waals surface area (Å²) in [6.07, 6.45) is 3.27. The van der Waals surface area contributed by atoms with Gasteiger partial charge in [-0.3, -0.25) is 0 Å². The average Bonchev–Trinajstić information content (AvgIpc) is 2.77. The van der Waals surface area contributed by atoms with E-state index in [4.69, 9.17) is 17.3 Å². The molecule has 17 heavy (non-hydrogen) atoms. The SMILES string of the molecule is NCC1(c2c(O)c(O)cc(Cl)c2F)CCCC1. The molecule has 0 radical (unpaired) electrons. The summed E-state index contributed by atoms with van der Waals surface area (Å²) in [5.41, 5.74) is 5.21. The highest BCUT2D eigenvalue weighted by Gasteiger charge is 2.40. The smallest absolute Gasteiger partial charge is 0.164 e. The number of halogens is 2. The molecule has 1 aliphatic carbocycles. The highest BCUT2D eigenvalue weighted by Crippen LogP contribution is 2.49. The number of rotatable bonds is 2. The minimum absolute atomic E-state index is 0.0718. The van der Waals surface area contributed by atoms with Gasteiger partial charge in [-0.25, -0.2) is 4.39 Å². The van der Waals surface area contributed by atoms with Crippen molar-refractivity contribution < 1.29 is 14.6 Å². The van der Waals surface area contributed by atoms with Crippen LogP contribution in [0.2, 0.25) is 5.02 Å². The first-order valence-corrected chi connectivity index (χ1v) is 6.00. The molecule has 1 aromatic carbocycles. The molecular formula is C12H15ClFNO2. The molecule has 4 N–H and O–H groups in total. The predicted octanol–water partition coefficient (Wildman–Crippen LogP) is 2.66. The third-order valence-corrected chi connectivity index (χ3v) is 3.93. The summed E-state index contributed by atoms with van der Waals surface area (Å²) in [6, 6.07) is 1.01. The summed E-state index contributed by atoms with van der Waals surface area (Å²) in [7, 11) is 0. The third kappa shape index (κ3) is 1.85. The van der Waals surface area contributed by atoms with Crippen LogP contribution < -0.4 is 5.73 Å². The minimum Gasteiger partial charge on any atom is -0.504 e. The van der Waals surface area contributed by atoms with E-state index in [0.717, 1.165) is 18.9 Å². The minimum atomic E-state index is -0.672. The van der Waals surface area contributed by atoms with Crippen LogP contribution in [-0.4, -0.2) is 16.8 Å². The van der Waals surface area contributed by atoms with Gasteiger partial charge in [-0.2, -0.15) is 0 Å². The molecule has 0 spiro atoms. The van der Waals surface area contributed by atoms with E-state index in [1.165, 1.54) is 0 Å². The van der Waals surface area contributed by atoms with Crippen LogP contribution in [0.1, 0.15) is 31.2 Å². The summed E-state index contributed by atoms with van der Waals surface area (Å²) in [5, 5.41) is 19.2. The van der Waals surface area contributed by atoms with Gasteiger partial charge in [0.25, 0.3) is 0 Å². The Labute approximate surface area is 104 Å². The van der Waals surface area contributed by atoms with Gasteiger partial charge in [-0.15, -0.1) is 0 Å². The highest BCUT2D eigenvalue weighted by molar-refractivity contribution is 6.31. The van der Waals surface area contributed by atoms with Crippen molar-refractivity contribution in [3.63, 3.8) is 0 Å². The molecule has 0 amide bonds. The predicted molar refractivity (Wildman–Crippen MR) is 63.9 cm³/mol. The molecule has 1 fully saturated rings. The lowest BCUT2D eigenvalue weighted by atomic mass is 9.78. The topological polar surface area (TPSA) is 66.5 Å². The number of phenolic OH excluding ortho intramolecular Hbond substituents is 2. The molecule has 0 heterocycles. The molecule has 94 valence electrons. The van der Waals surface area contributed by atoms with Crippen molar-refractivity contribution in [1.82, 2.24) is 0 Å². The lowest BCUT2D eigenvalue weighted by Gasteiger charge is -2.29. The molecule has 0 atom stereocenters. The van der Waals surface area contributed by atoms with Gasteiger partial charge in [0.2, 0.25) is 0 Å². The van der Waals surface area contributed by atoms with E-state index in [-0.39, 0.29) is 17.1 Å². The zero-order valence-corrected chi connectivity index (χ0v) is 10.1. The van der Waals surface area contributed by atoms with Crippen LogP contribution in [0, 0.1) is 5.82 Å². The van der Waals surface area contributed by atoms with E-state index >= 15 is 0 Å². The van der Waals surface area contributed by atoms with Crippen LogP contribution >= 0.6 is 11.6 Å². The lowest BCUT2D eigenvalue weighted by Crippen LogP contribution is -2.33. The second-order valence-electron chi connectivity index (χ2n) is 4.61. The van der Waals surface area contributed by atoms with E-state index in [1.807, 2.05) is 0 Å². The van der Waals surface area contributed by atoms with Crippen LogP contribution in [-0.2, 0) is 5.41 Å². The van der Waals surface area contributed by atoms with Crippen molar-refractivity contribution in [2.45, 2.75) is 31.1 Å². The summed E-state index contributed by atoms with van der Waals surface area (Å²) in [4.78, 5) is 0. The van der Waals surface area contributed by atoms with E-state index in [0.29, 0.717) is 12.8 Å². The largest absolute Gasteiger partial charge is 0.504 e. The fraction of sp³-hybridized carbons (Fsp3) is 0.500. The first kappa shape index (κ1) is 12.5. The molecular weight excluding hydrogens is 245 g/mol. The second-order valence-corrected chi connectivity index (χ2v) is 5.01. The first-order valence-electron chi connectivity index (χ1n) is 5.62. The highest BCUT2D eigenvalue weighted by atomic mass is 35.5. The molecule has 0 bridgehead atoms. The van der Waals surface area contributed by atoms with Crippen LogP contribution in [0.4, 0.5) is 4.39 Å². The number of phenols is 2. The Morgan fingerprint density at radius 1 is 1.35 bits per heavy atom. The normalized spacial score (nSPS) is 18.5. The van der Waals surface area contributed by atoms with Crippen molar-refractivity contribution >= 4 is 11.6 Å². The van der Waals surface area contributed by atoms with E-state index in [2.05, 4.69) is 0 Å². The Morgan fingerprint density at radius 2 is 1.94 bits per heavy atom. The summed E-state index contributed by atoms with van der Waals surface area (Å²) in [5.74, 6) is -1.50. The van der Waals surface area contributed by atoms with Crippen molar-refractivity contribution in [3.8, 4) is 11.5 Å². The fourth-order valence-electron chi connectivity index (χ4n) is 2.70. The molecule has 5 heteroatoms. The van der Waals surface area contributed by atoms with E-state index in [9.17, 15) is 14.6 Å². The molecule has 1 saturated carbocycles. The van der Waals surface area contributed by atoms with Gasteiger partial charge in [0, 0.05) is 23.6 Å². The van der Waals surface area contributed by atoms with Crippen LogP contribution in [0.25, 0.3) is 0 Å². The van der Waals surface area contributed by atoms with Gasteiger partial charge in [0.1, 0.15) is 5.82 Å². The second kappa shape index (κ2) is 4.35. The quantitative estimate of drug-likeness (QED) is 0.716. The van der Waals surface area contributed by atoms with Gasteiger partial charge in [0.15, 0.2) is 11.5 Å². The Morgan fingerprint density at radius 3 is 2.47 bits per heavy atom. The third-order valence-electron chi connectivity index (χ3n) is 3.65. The van der Waals surface area contributed by atoms with Crippen molar-refractivity contribution in [2.24, 2.45) is 5.73 Å². The molecule has 0 aromatic heterocycles. The Kier molecular flexibility index (Phi) is 3.19. The fourth-order valence-corrected chi connectivity index (χ4v) is 2.89. The lowest BCUT2D eigenvalue weighted by molar-refractivity contribution is 0.358.